The lowest BCUT2D eigenvalue weighted by atomic mass is 10.2. The Morgan fingerprint density at radius 3 is 2.65 bits per heavy atom. The van der Waals surface area contributed by atoms with Gasteiger partial charge in [-0.15, -0.1) is 6.58 Å². The number of allylic oxidation sites excluding steroid dienone is 1. The van der Waals surface area contributed by atoms with Crippen LogP contribution in [0.25, 0.3) is 0 Å². The fourth-order valence-corrected chi connectivity index (χ4v) is 2.78. The number of unbranched alkanes of at least 4 members (excludes halogenated alkanes) is 1. The molecule has 0 fully saturated rings. The van der Waals surface area contributed by atoms with Crippen LogP contribution in [-0.4, -0.2) is 19.9 Å². The van der Waals surface area contributed by atoms with Gasteiger partial charge in [-0.1, -0.05) is 6.08 Å². The van der Waals surface area contributed by atoms with Crippen LogP contribution in [0, 0.1) is 17.0 Å². The largest absolute Gasteiger partial charge is 0.487 e. The van der Waals surface area contributed by atoms with Gasteiger partial charge in [0.1, 0.15) is 0 Å². The molecular formula is C12H14ClNO5S. The molecule has 0 N–H and O–H groups in total. The summed E-state index contributed by atoms with van der Waals surface area (Å²) in [6.45, 7) is 5.33. The maximum Gasteiger partial charge on any atom is 0.312 e. The molecule has 0 saturated carbocycles. The first-order valence-corrected chi connectivity index (χ1v) is 8.05. The molecule has 1 rings (SSSR count). The Kier molecular flexibility index (Phi) is 5.52. The fraction of sp³-hybridized carbons (Fsp3) is 0.333. The highest BCUT2D eigenvalue weighted by molar-refractivity contribution is 8.13. The number of nitro groups is 1. The van der Waals surface area contributed by atoms with E-state index in [9.17, 15) is 18.5 Å². The van der Waals surface area contributed by atoms with E-state index in [1.807, 2.05) is 0 Å². The number of rotatable bonds is 7. The summed E-state index contributed by atoms with van der Waals surface area (Å²) in [7, 11) is 1.20. The van der Waals surface area contributed by atoms with Crippen molar-refractivity contribution < 1.29 is 18.1 Å². The standard InChI is InChI=1S/C12H14ClNO5S/c1-3-4-5-6-19-11-7-9(2)12(20(13,17)18)8-10(11)14(15)16/h3,7-8H,1,4-6H2,2H3. The van der Waals surface area contributed by atoms with Crippen LogP contribution in [0.15, 0.2) is 29.7 Å². The van der Waals surface area contributed by atoms with Crippen molar-refractivity contribution in [3.63, 3.8) is 0 Å². The van der Waals surface area contributed by atoms with Gasteiger partial charge in [0.05, 0.1) is 16.4 Å². The van der Waals surface area contributed by atoms with Gasteiger partial charge in [-0.2, -0.15) is 0 Å². The number of aryl methyl sites for hydroxylation is 1. The molecule has 0 heterocycles. The maximum absolute atomic E-state index is 11.3. The second kappa shape index (κ2) is 6.71. The number of nitro benzene ring substituents is 1. The van der Waals surface area contributed by atoms with E-state index in [1.54, 1.807) is 6.08 Å². The normalized spacial score (nSPS) is 11.1. The number of nitrogens with zero attached hydrogens (tertiary/aromatic N) is 1. The van der Waals surface area contributed by atoms with Crippen LogP contribution in [-0.2, 0) is 9.05 Å². The maximum atomic E-state index is 11.3. The summed E-state index contributed by atoms with van der Waals surface area (Å²) < 4.78 is 28.0. The van der Waals surface area contributed by atoms with E-state index in [-0.39, 0.29) is 17.3 Å². The van der Waals surface area contributed by atoms with Crippen LogP contribution in [0.2, 0.25) is 0 Å². The molecular weight excluding hydrogens is 306 g/mol. The molecule has 0 bridgehead atoms. The zero-order valence-electron chi connectivity index (χ0n) is 10.8. The van der Waals surface area contributed by atoms with Crippen LogP contribution in [0.5, 0.6) is 5.75 Å². The van der Waals surface area contributed by atoms with Gasteiger partial charge in [0.25, 0.3) is 9.05 Å². The van der Waals surface area contributed by atoms with Crippen molar-refractivity contribution in [2.45, 2.75) is 24.7 Å². The molecule has 8 heteroatoms. The summed E-state index contributed by atoms with van der Waals surface area (Å²) in [4.78, 5) is 9.98. The number of hydrogen-bond acceptors (Lipinski definition) is 5. The first-order chi connectivity index (χ1) is 9.27. The molecule has 1 aromatic rings. The van der Waals surface area contributed by atoms with Gasteiger partial charge in [-0.25, -0.2) is 8.42 Å². The van der Waals surface area contributed by atoms with Crippen molar-refractivity contribution in [1.29, 1.82) is 0 Å². The minimum Gasteiger partial charge on any atom is -0.487 e. The molecule has 0 amide bonds. The third-order valence-electron chi connectivity index (χ3n) is 2.53. The molecule has 0 spiro atoms. The van der Waals surface area contributed by atoms with Gasteiger partial charge in [0, 0.05) is 16.7 Å². The summed E-state index contributed by atoms with van der Waals surface area (Å²) in [5.41, 5.74) is -0.127. The second-order valence-electron chi connectivity index (χ2n) is 4.06. The van der Waals surface area contributed by atoms with E-state index >= 15 is 0 Å². The van der Waals surface area contributed by atoms with Gasteiger partial charge >= 0.3 is 5.69 Å². The Bertz CT molecular complexity index is 627. The van der Waals surface area contributed by atoms with Crippen LogP contribution < -0.4 is 4.74 Å². The second-order valence-corrected chi connectivity index (χ2v) is 6.59. The lowest BCUT2D eigenvalue weighted by Crippen LogP contribution is -2.03. The average molecular weight is 320 g/mol. The van der Waals surface area contributed by atoms with Gasteiger partial charge in [0.15, 0.2) is 5.75 Å². The van der Waals surface area contributed by atoms with Crippen molar-refractivity contribution in [3.8, 4) is 5.75 Å². The molecule has 0 aromatic heterocycles. The zero-order chi connectivity index (χ0) is 15.3. The molecule has 0 aliphatic rings. The highest BCUT2D eigenvalue weighted by atomic mass is 35.7. The fourth-order valence-electron chi connectivity index (χ4n) is 1.58. The minimum atomic E-state index is -4.04. The highest BCUT2D eigenvalue weighted by Crippen LogP contribution is 2.33. The molecule has 110 valence electrons. The van der Waals surface area contributed by atoms with E-state index in [2.05, 4.69) is 6.58 Å². The number of ether oxygens (including phenoxy) is 1. The molecule has 1 aromatic carbocycles. The molecule has 0 radical (unpaired) electrons. The third-order valence-corrected chi connectivity index (χ3v) is 3.99. The zero-order valence-corrected chi connectivity index (χ0v) is 12.4. The Labute approximate surface area is 121 Å². The molecule has 0 unspecified atom stereocenters. The average Bonchev–Trinajstić information content (AvgIpc) is 2.32. The monoisotopic (exact) mass is 319 g/mol. The lowest BCUT2D eigenvalue weighted by molar-refractivity contribution is -0.386. The van der Waals surface area contributed by atoms with Gasteiger partial charge in [-0.05, 0) is 31.4 Å². The first-order valence-electron chi connectivity index (χ1n) is 5.74. The van der Waals surface area contributed by atoms with Crippen LogP contribution in [0.4, 0.5) is 5.69 Å². The highest BCUT2D eigenvalue weighted by Gasteiger charge is 2.23. The van der Waals surface area contributed by atoms with Crippen molar-refractivity contribution in [3.05, 3.63) is 40.5 Å². The molecule has 0 aliphatic heterocycles. The SMILES string of the molecule is C=CCCCOc1cc(C)c(S(=O)(=O)Cl)cc1[N+](=O)[O-]. The lowest BCUT2D eigenvalue weighted by Gasteiger charge is -2.09. The smallest absolute Gasteiger partial charge is 0.312 e. The quantitative estimate of drug-likeness (QED) is 0.253. The van der Waals surface area contributed by atoms with Crippen molar-refractivity contribution in [2.24, 2.45) is 0 Å². The summed E-state index contributed by atoms with van der Waals surface area (Å²) in [5, 5.41) is 11.0. The predicted molar refractivity (Wildman–Crippen MR) is 75.8 cm³/mol. The molecule has 0 saturated heterocycles. The van der Waals surface area contributed by atoms with Crippen LogP contribution in [0.3, 0.4) is 0 Å². The van der Waals surface area contributed by atoms with Crippen molar-refractivity contribution in [1.82, 2.24) is 0 Å². The summed E-state index contributed by atoms with van der Waals surface area (Å²) >= 11 is 0. The van der Waals surface area contributed by atoms with Crippen molar-refractivity contribution in [2.75, 3.05) is 6.61 Å². The Morgan fingerprint density at radius 2 is 2.15 bits per heavy atom. The summed E-state index contributed by atoms with van der Waals surface area (Å²) in [5.74, 6) is 0.0284. The number of hydrogen-bond donors (Lipinski definition) is 0. The first kappa shape index (κ1) is 16.5. The van der Waals surface area contributed by atoms with Crippen LogP contribution >= 0.6 is 10.7 Å². The van der Waals surface area contributed by atoms with E-state index in [4.69, 9.17) is 15.4 Å². The third kappa shape index (κ3) is 4.21. The topological polar surface area (TPSA) is 86.5 Å². The minimum absolute atomic E-state index is 0.0284. The summed E-state index contributed by atoms with van der Waals surface area (Å²) in [6, 6.07) is 2.22. The molecule has 20 heavy (non-hydrogen) atoms. The number of benzene rings is 1. The van der Waals surface area contributed by atoms with E-state index in [0.717, 1.165) is 12.5 Å². The predicted octanol–water partition coefficient (Wildman–Crippen LogP) is 3.18. The van der Waals surface area contributed by atoms with E-state index in [0.29, 0.717) is 12.0 Å². The van der Waals surface area contributed by atoms with Gasteiger partial charge < -0.3 is 4.74 Å². The summed E-state index contributed by atoms with van der Waals surface area (Å²) in [6.07, 6.45) is 3.10. The van der Waals surface area contributed by atoms with Crippen molar-refractivity contribution >= 4 is 25.4 Å². The molecule has 0 aliphatic carbocycles. The number of halogens is 1. The van der Waals surface area contributed by atoms with Gasteiger partial charge in [0.2, 0.25) is 0 Å². The van der Waals surface area contributed by atoms with E-state index < -0.39 is 19.7 Å². The molecule has 6 nitrogen and oxygen atoms in total. The Hall–Kier alpha value is -1.60. The molecule has 0 atom stereocenters. The van der Waals surface area contributed by atoms with Crippen LogP contribution in [0.1, 0.15) is 18.4 Å². The van der Waals surface area contributed by atoms with Gasteiger partial charge in [-0.3, -0.25) is 10.1 Å². The van der Waals surface area contributed by atoms with E-state index in [1.165, 1.54) is 13.0 Å². The Morgan fingerprint density at radius 1 is 1.50 bits per heavy atom. The Balaban J connectivity index is 3.15.